The van der Waals surface area contributed by atoms with Gasteiger partial charge in [0, 0.05) is 18.9 Å². The second kappa shape index (κ2) is 8.05. The van der Waals surface area contributed by atoms with Gasteiger partial charge in [-0.1, -0.05) is 36.4 Å². The summed E-state index contributed by atoms with van der Waals surface area (Å²) in [7, 11) is 0. The Labute approximate surface area is 176 Å². The van der Waals surface area contributed by atoms with Crippen molar-refractivity contribution in [1.29, 1.82) is 0 Å². The molecule has 1 saturated carbocycles. The summed E-state index contributed by atoms with van der Waals surface area (Å²) in [6, 6.07) is 16.6. The lowest BCUT2D eigenvalue weighted by Gasteiger charge is -2.36. The number of aromatic amines is 1. The summed E-state index contributed by atoms with van der Waals surface area (Å²) >= 11 is 0. The lowest BCUT2D eigenvalue weighted by molar-refractivity contribution is -0.134. The second-order valence-corrected chi connectivity index (χ2v) is 8.52. The summed E-state index contributed by atoms with van der Waals surface area (Å²) in [4.78, 5) is 35.1. The van der Waals surface area contributed by atoms with Crippen molar-refractivity contribution in [2.45, 2.75) is 63.5 Å². The van der Waals surface area contributed by atoms with Gasteiger partial charge < -0.3 is 9.88 Å². The van der Waals surface area contributed by atoms with E-state index < -0.39 is 0 Å². The van der Waals surface area contributed by atoms with Crippen LogP contribution in [0.2, 0.25) is 0 Å². The lowest BCUT2D eigenvalue weighted by atomic mass is 9.86. The Kier molecular flexibility index (Phi) is 5.11. The average molecular weight is 402 g/mol. The van der Waals surface area contributed by atoms with Gasteiger partial charge in [-0.2, -0.15) is 0 Å². The molecule has 2 aliphatic carbocycles. The molecule has 1 fully saturated rings. The number of hydrogen-bond acceptors (Lipinski definition) is 3. The Morgan fingerprint density at radius 1 is 1.07 bits per heavy atom. The highest BCUT2D eigenvalue weighted by Gasteiger charge is 2.38. The normalized spacial score (nSPS) is 18.2. The molecule has 1 unspecified atom stereocenters. The maximum Gasteiger partial charge on any atom is 0.258 e. The number of carbonyl (C=O) groups excluding carboxylic acids is 1. The Bertz CT molecular complexity index is 1130. The second-order valence-electron chi connectivity index (χ2n) is 8.52. The van der Waals surface area contributed by atoms with E-state index in [1.54, 1.807) is 6.07 Å². The summed E-state index contributed by atoms with van der Waals surface area (Å²) in [5.41, 5.74) is 3.33. The van der Waals surface area contributed by atoms with Crippen LogP contribution in [0.25, 0.3) is 10.9 Å². The summed E-state index contributed by atoms with van der Waals surface area (Å²) < 4.78 is 0. The zero-order valence-corrected chi connectivity index (χ0v) is 17.1. The van der Waals surface area contributed by atoms with Gasteiger partial charge in [-0.15, -0.1) is 0 Å². The van der Waals surface area contributed by atoms with Crippen molar-refractivity contribution in [3.05, 3.63) is 75.8 Å². The Morgan fingerprint density at radius 2 is 1.87 bits per heavy atom. The van der Waals surface area contributed by atoms with Crippen molar-refractivity contribution < 1.29 is 4.79 Å². The van der Waals surface area contributed by atoms with Crippen LogP contribution in [0.3, 0.4) is 0 Å². The van der Waals surface area contributed by atoms with Crippen molar-refractivity contribution in [3.63, 3.8) is 0 Å². The molecule has 2 aliphatic rings. The minimum absolute atomic E-state index is 0.111. The van der Waals surface area contributed by atoms with E-state index in [1.165, 1.54) is 11.1 Å². The number of para-hydroxylation sites is 1. The number of rotatable bonds is 6. The number of hydrogen-bond donors (Lipinski definition) is 1. The highest BCUT2D eigenvalue weighted by Crippen LogP contribution is 2.41. The van der Waals surface area contributed by atoms with E-state index in [0.717, 1.165) is 32.1 Å². The fraction of sp³-hybridized carbons (Fsp3) is 0.400. The largest absolute Gasteiger partial charge is 0.333 e. The number of nitrogens with zero attached hydrogens (tertiary/aromatic N) is 2. The highest BCUT2D eigenvalue weighted by molar-refractivity contribution is 5.78. The molecule has 30 heavy (non-hydrogen) atoms. The minimum atomic E-state index is -0.111. The third-order valence-electron chi connectivity index (χ3n) is 6.37. The van der Waals surface area contributed by atoms with Gasteiger partial charge in [0.15, 0.2) is 0 Å². The molecular weight excluding hydrogens is 374 g/mol. The van der Waals surface area contributed by atoms with Crippen molar-refractivity contribution in [2.75, 3.05) is 0 Å². The van der Waals surface area contributed by atoms with Gasteiger partial charge in [0.25, 0.3) is 5.56 Å². The third kappa shape index (κ3) is 3.76. The molecule has 2 aromatic carbocycles. The van der Waals surface area contributed by atoms with Gasteiger partial charge >= 0.3 is 0 Å². The number of aromatic nitrogens is 2. The average Bonchev–Trinajstić information content (AvgIpc) is 3.59. The van der Waals surface area contributed by atoms with Crippen LogP contribution in [0.5, 0.6) is 0 Å². The topological polar surface area (TPSA) is 66.1 Å². The van der Waals surface area contributed by atoms with Crippen LogP contribution < -0.4 is 5.56 Å². The zero-order chi connectivity index (χ0) is 20.5. The fourth-order valence-electron chi connectivity index (χ4n) is 4.79. The molecule has 0 bridgehead atoms. The van der Waals surface area contributed by atoms with Crippen LogP contribution in [0.1, 0.15) is 61.5 Å². The van der Waals surface area contributed by atoms with Crippen molar-refractivity contribution >= 4 is 16.8 Å². The van der Waals surface area contributed by atoms with Crippen LogP contribution in [0, 0.1) is 0 Å². The van der Waals surface area contributed by atoms with Gasteiger partial charge in [0.2, 0.25) is 5.91 Å². The molecular formula is C25H27N3O2. The van der Waals surface area contributed by atoms with E-state index in [-0.39, 0.29) is 17.5 Å². The molecule has 0 radical (unpaired) electrons. The lowest BCUT2D eigenvalue weighted by Crippen LogP contribution is -2.38. The van der Waals surface area contributed by atoms with Crippen LogP contribution >= 0.6 is 0 Å². The van der Waals surface area contributed by atoms with Crippen LogP contribution in [-0.4, -0.2) is 26.8 Å². The highest BCUT2D eigenvalue weighted by atomic mass is 16.2. The summed E-state index contributed by atoms with van der Waals surface area (Å²) in [5.74, 6) is 0.898. The van der Waals surface area contributed by atoms with Gasteiger partial charge in [-0.25, -0.2) is 4.98 Å². The number of carbonyl (C=O) groups is 1. The molecule has 0 aliphatic heterocycles. The molecule has 1 atom stereocenters. The number of aryl methyl sites for hydroxylation is 2. The number of nitrogens with one attached hydrogen (secondary N) is 1. The van der Waals surface area contributed by atoms with Gasteiger partial charge in [-0.3, -0.25) is 9.59 Å². The monoisotopic (exact) mass is 401 g/mol. The van der Waals surface area contributed by atoms with E-state index in [9.17, 15) is 9.59 Å². The summed E-state index contributed by atoms with van der Waals surface area (Å²) in [5, 5.41) is 0.605. The minimum Gasteiger partial charge on any atom is -0.333 e. The molecule has 5 rings (SSSR count). The first-order valence-electron chi connectivity index (χ1n) is 11.1. The first-order chi connectivity index (χ1) is 14.7. The van der Waals surface area contributed by atoms with Crippen molar-refractivity contribution in [2.24, 2.45) is 0 Å². The molecule has 1 N–H and O–H groups in total. The van der Waals surface area contributed by atoms with E-state index in [2.05, 4.69) is 39.1 Å². The third-order valence-corrected chi connectivity index (χ3v) is 6.37. The quantitative estimate of drug-likeness (QED) is 0.669. The van der Waals surface area contributed by atoms with Crippen molar-refractivity contribution in [3.8, 4) is 0 Å². The first-order valence-corrected chi connectivity index (χ1v) is 11.1. The Balaban J connectivity index is 1.28. The predicted molar refractivity (Wildman–Crippen MR) is 117 cm³/mol. The molecule has 1 heterocycles. The van der Waals surface area contributed by atoms with Crippen LogP contribution in [0.15, 0.2) is 53.3 Å². The smallest absolute Gasteiger partial charge is 0.258 e. The fourth-order valence-corrected chi connectivity index (χ4v) is 4.79. The summed E-state index contributed by atoms with van der Waals surface area (Å²) in [6.07, 6.45) is 7.32. The van der Waals surface area contributed by atoms with Crippen LogP contribution in [0.4, 0.5) is 0 Å². The number of fused-ring (bicyclic) bond motifs is 2. The molecule has 1 aromatic heterocycles. The number of H-pyrrole nitrogens is 1. The standard InChI is InChI=1S/C25H27N3O2/c29-24(14-6-13-23-26-21-11-4-3-10-20(21)25(30)27-23)28(18-15-16-18)22-12-5-8-17-7-1-2-9-19(17)22/h1-4,7,9-11,18,22H,5-6,8,12-16H2,(H,26,27,30). The van der Waals surface area contributed by atoms with Gasteiger partial charge in [0.05, 0.1) is 16.9 Å². The SMILES string of the molecule is O=C(CCCc1nc2ccccc2c(=O)[nH]1)N(C1CC1)C1CCCc2ccccc21. The number of amides is 1. The van der Waals surface area contributed by atoms with E-state index in [0.29, 0.717) is 42.0 Å². The maximum absolute atomic E-state index is 13.2. The van der Waals surface area contributed by atoms with Gasteiger partial charge in [-0.05, 0) is 61.8 Å². The predicted octanol–water partition coefficient (Wildman–Crippen LogP) is 4.31. The molecule has 0 spiro atoms. The van der Waals surface area contributed by atoms with Crippen molar-refractivity contribution in [1.82, 2.24) is 14.9 Å². The molecule has 0 saturated heterocycles. The van der Waals surface area contributed by atoms with E-state index in [1.807, 2.05) is 18.2 Å². The van der Waals surface area contributed by atoms with E-state index >= 15 is 0 Å². The Hall–Kier alpha value is -2.95. The maximum atomic E-state index is 13.2. The van der Waals surface area contributed by atoms with Crippen LogP contribution in [-0.2, 0) is 17.6 Å². The zero-order valence-electron chi connectivity index (χ0n) is 17.1. The first kappa shape index (κ1) is 19.0. The molecule has 5 nitrogen and oxygen atoms in total. The summed E-state index contributed by atoms with van der Waals surface area (Å²) in [6.45, 7) is 0. The number of benzene rings is 2. The molecule has 5 heteroatoms. The van der Waals surface area contributed by atoms with Gasteiger partial charge in [0.1, 0.15) is 5.82 Å². The Morgan fingerprint density at radius 3 is 2.73 bits per heavy atom. The molecule has 154 valence electrons. The van der Waals surface area contributed by atoms with E-state index in [4.69, 9.17) is 0 Å². The molecule has 1 amide bonds. The molecule has 3 aromatic rings.